The van der Waals surface area contributed by atoms with E-state index >= 15 is 0 Å². The summed E-state index contributed by atoms with van der Waals surface area (Å²) in [6, 6.07) is 3.03. The molecule has 0 atom stereocenters. The van der Waals surface area contributed by atoms with Crippen LogP contribution < -0.4 is 10.0 Å². The summed E-state index contributed by atoms with van der Waals surface area (Å²) in [5.41, 5.74) is 0.653. The van der Waals surface area contributed by atoms with E-state index in [1.54, 1.807) is 13.1 Å². The highest BCUT2D eigenvalue weighted by Crippen LogP contribution is 2.29. The molecule has 5 nitrogen and oxygen atoms in total. The van der Waals surface area contributed by atoms with Crippen molar-refractivity contribution in [1.29, 1.82) is 0 Å². The van der Waals surface area contributed by atoms with E-state index in [4.69, 9.17) is 23.2 Å². The van der Waals surface area contributed by atoms with E-state index in [2.05, 4.69) is 10.0 Å². The number of nitrogens with one attached hydrogen (secondary N) is 2. The number of hydrogen-bond donors (Lipinski definition) is 2. The molecule has 0 aliphatic carbocycles. The summed E-state index contributed by atoms with van der Waals surface area (Å²) in [7, 11) is 1.96. The van der Waals surface area contributed by atoms with Gasteiger partial charge in [-0.1, -0.05) is 23.2 Å². The van der Waals surface area contributed by atoms with Crippen LogP contribution in [0.25, 0.3) is 0 Å². The molecule has 0 bridgehead atoms. The predicted octanol–water partition coefficient (Wildman–Crippen LogP) is 1.94. The van der Waals surface area contributed by atoms with E-state index in [1.807, 2.05) is 19.0 Å². The molecule has 8 heteroatoms. The second kappa shape index (κ2) is 8.31. The third kappa shape index (κ3) is 5.73. The van der Waals surface area contributed by atoms with Crippen LogP contribution in [0.5, 0.6) is 0 Å². The maximum absolute atomic E-state index is 12.3. The van der Waals surface area contributed by atoms with Crippen LogP contribution in [0.4, 0.5) is 0 Å². The third-order valence-electron chi connectivity index (χ3n) is 2.81. The Labute approximate surface area is 136 Å². The molecule has 0 aliphatic rings. The smallest absolute Gasteiger partial charge is 0.242 e. The van der Waals surface area contributed by atoms with E-state index in [-0.39, 0.29) is 9.92 Å². The molecule has 120 valence electrons. The topological polar surface area (TPSA) is 61.4 Å². The molecule has 0 radical (unpaired) electrons. The number of nitrogens with zero attached hydrogens (tertiary/aromatic N) is 1. The lowest BCUT2D eigenvalue weighted by Gasteiger charge is -2.13. The van der Waals surface area contributed by atoms with E-state index in [0.29, 0.717) is 30.1 Å². The van der Waals surface area contributed by atoms with Gasteiger partial charge in [-0.15, -0.1) is 0 Å². The molecule has 0 saturated heterocycles. The van der Waals surface area contributed by atoms with Crippen LogP contribution in [0.15, 0.2) is 17.0 Å². The molecule has 1 rings (SSSR count). The van der Waals surface area contributed by atoms with Crippen LogP contribution in [0.3, 0.4) is 0 Å². The molecule has 21 heavy (non-hydrogen) atoms. The fraction of sp³-hybridized carbons (Fsp3) is 0.538. The van der Waals surface area contributed by atoms with Crippen molar-refractivity contribution in [2.75, 3.05) is 34.2 Å². The van der Waals surface area contributed by atoms with Crippen LogP contribution in [-0.4, -0.2) is 47.6 Å². The van der Waals surface area contributed by atoms with Gasteiger partial charge in [0, 0.05) is 18.1 Å². The van der Waals surface area contributed by atoms with Crippen LogP contribution in [0.2, 0.25) is 10.0 Å². The SMILES string of the molecule is CNCc1cc(Cl)cc(S(=O)(=O)NCCCN(C)C)c1Cl. The first-order chi connectivity index (χ1) is 9.77. The van der Waals surface area contributed by atoms with Crippen LogP contribution >= 0.6 is 23.2 Å². The highest BCUT2D eigenvalue weighted by atomic mass is 35.5. The van der Waals surface area contributed by atoms with Crippen molar-refractivity contribution in [2.24, 2.45) is 0 Å². The first-order valence-corrected chi connectivity index (χ1v) is 8.78. The van der Waals surface area contributed by atoms with Crippen molar-refractivity contribution in [3.8, 4) is 0 Å². The van der Waals surface area contributed by atoms with Gasteiger partial charge < -0.3 is 10.2 Å². The van der Waals surface area contributed by atoms with Crippen molar-refractivity contribution in [2.45, 2.75) is 17.9 Å². The largest absolute Gasteiger partial charge is 0.316 e. The van der Waals surface area contributed by atoms with Gasteiger partial charge in [-0.3, -0.25) is 0 Å². The van der Waals surface area contributed by atoms with Crippen molar-refractivity contribution in [3.63, 3.8) is 0 Å². The van der Waals surface area contributed by atoms with Gasteiger partial charge in [-0.05, 0) is 51.8 Å². The fourth-order valence-corrected chi connectivity index (χ4v) is 3.82. The molecule has 0 spiro atoms. The number of hydrogen-bond acceptors (Lipinski definition) is 4. The molecule has 2 N–H and O–H groups in total. The molecular formula is C13H21Cl2N3O2S. The van der Waals surface area contributed by atoms with Gasteiger partial charge in [0.25, 0.3) is 0 Å². The average molecular weight is 354 g/mol. The normalized spacial score (nSPS) is 12.1. The molecule has 1 aromatic rings. The van der Waals surface area contributed by atoms with Crippen LogP contribution in [0.1, 0.15) is 12.0 Å². The molecule has 0 aromatic heterocycles. The minimum atomic E-state index is -3.66. The minimum Gasteiger partial charge on any atom is -0.316 e. The Kier molecular flexibility index (Phi) is 7.39. The Morgan fingerprint density at radius 1 is 1.24 bits per heavy atom. The van der Waals surface area contributed by atoms with Gasteiger partial charge in [0.05, 0.1) is 5.02 Å². The summed E-state index contributed by atoms with van der Waals surface area (Å²) in [5.74, 6) is 0. The van der Waals surface area contributed by atoms with Gasteiger partial charge in [0.2, 0.25) is 10.0 Å². The monoisotopic (exact) mass is 353 g/mol. The first-order valence-electron chi connectivity index (χ1n) is 6.55. The number of halogens is 2. The van der Waals surface area contributed by atoms with Crippen molar-refractivity contribution in [1.82, 2.24) is 14.9 Å². The number of sulfonamides is 1. The molecule has 0 aliphatic heterocycles. The molecule has 0 saturated carbocycles. The van der Waals surface area contributed by atoms with E-state index in [0.717, 1.165) is 6.54 Å². The van der Waals surface area contributed by atoms with Crippen molar-refractivity contribution in [3.05, 3.63) is 27.7 Å². The maximum atomic E-state index is 12.3. The molecule has 0 unspecified atom stereocenters. The Morgan fingerprint density at radius 2 is 1.90 bits per heavy atom. The van der Waals surface area contributed by atoms with Gasteiger partial charge >= 0.3 is 0 Å². The van der Waals surface area contributed by atoms with E-state index in [1.165, 1.54) is 6.07 Å². The van der Waals surface area contributed by atoms with Gasteiger partial charge in [-0.25, -0.2) is 13.1 Å². The summed E-state index contributed by atoms with van der Waals surface area (Å²) < 4.78 is 27.2. The summed E-state index contributed by atoms with van der Waals surface area (Å²) in [5, 5.41) is 3.48. The molecular weight excluding hydrogens is 333 g/mol. The minimum absolute atomic E-state index is 0.0202. The molecule has 0 amide bonds. The summed E-state index contributed by atoms with van der Waals surface area (Å²) in [4.78, 5) is 2.01. The molecule has 0 heterocycles. The zero-order valence-corrected chi connectivity index (χ0v) is 14.7. The van der Waals surface area contributed by atoms with Gasteiger partial charge in [0.1, 0.15) is 4.90 Å². The Hall–Kier alpha value is -0.370. The van der Waals surface area contributed by atoms with Crippen molar-refractivity contribution >= 4 is 33.2 Å². The lowest BCUT2D eigenvalue weighted by molar-refractivity contribution is 0.400. The molecule has 0 fully saturated rings. The maximum Gasteiger partial charge on any atom is 0.242 e. The van der Waals surface area contributed by atoms with Crippen molar-refractivity contribution < 1.29 is 8.42 Å². The van der Waals surface area contributed by atoms with Gasteiger partial charge in [0.15, 0.2) is 0 Å². The van der Waals surface area contributed by atoms with Crippen LogP contribution in [-0.2, 0) is 16.6 Å². The quantitative estimate of drug-likeness (QED) is 0.701. The highest BCUT2D eigenvalue weighted by Gasteiger charge is 2.20. The Balaban J connectivity index is 2.92. The standard InChI is InChI=1S/C13H21Cl2N3O2S/c1-16-9-10-7-11(14)8-12(13(10)15)21(19,20)17-5-4-6-18(2)3/h7-8,16-17H,4-6,9H2,1-3H3. The average Bonchev–Trinajstić information content (AvgIpc) is 2.38. The second-order valence-corrected chi connectivity index (χ2v) is 7.51. The van der Waals surface area contributed by atoms with Gasteiger partial charge in [-0.2, -0.15) is 0 Å². The summed E-state index contributed by atoms with van der Waals surface area (Å²) >= 11 is 12.2. The Morgan fingerprint density at radius 3 is 2.48 bits per heavy atom. The first kappa shape index (κ1) is 18.7. The third-order valence-corrected chi connectivity index (χ3v) is 5.07. The lowest BCUT2D eigenvalue weighted by Crippen LogP contribution is -2.27. The number of benzene rings is 1. The zero-order valence-electron chi connectivity index (χ0n) is 12.4. The Bertz CT molecular complexity index is 577. The lowest BCUT2D eigenvalue weighted by atomic mass is 10.2. The second-order valence-electron chi connectivity index (χ2n) is 4.96. The van der Waals surface area contributed by atoms with E-state index in [9.17, 15) is 8.42 Å². The fourth-order valence-electron chi connectivity index (χ4n) is 1.81. The highest BCUT2D eigenvalue weighted by molar-refractivity contribution is 7.89. The summed E-state index contributed by atoms with van der Waals surface area (Å²) in [6.07, 6.45) is 0.716. The van der Waals surface area contributed by atoms with Crippen LogP contribution in [0, 0.1) is 0 Å². The van der Waals surface area contributed by atoms with E-state index < -0.39 is 10.0 Å². The number of rotatable bonds is 8. The molecule has 1 aromatic carbocycles. The predicted molar refractivity (Wildman–Crippen MR) is 87.6 cm³/mol. The summed E-state index contributed by atoms with van der Waals surface area (Å²) in [6.45, 7) is 1.60. The zero-order chi connectivity index (χ0) is 16.0.